The zero-order valence-electron chi connectivity index (χ0n) is 14.2. The third-order valence-electron chi connectivity index (χ3n) is 4.34. The summed E-state index contributed by atoms with van der Waals surface area (Å²) >= 11 is 0. The van der Waals surface area contributed by atoms with Crippen LogP contribution in [0.4, 0.5) is 24.5 Å². The molecule has 0 unspecified atom stereocenters. The summed E-state index contributed by atoms with van der Waals surface area (Å²) in [6, 6.07) is 11.0. The molecule has 134 valence electrons. The molecule has 0 saturated carbocycles. The van der Waals surface area contributed by atoms with Gasteiger partial charge in [0.25, 0.3) is 0 Å². The number of hydrogen-bond acceptors (Lipinski definition) is 3. The molecule has 0 atom stereocenters. The van der Waals surface area contributed by atoms with Gasteiger partial charge in [-0.05, 0) is 55.7 Å². The number of alkyl halides is 3. The van der Waals surface area contributed by atoms with Crippen molar-refractivity contribution in [1.82, 2.24) is 0 Å². The van der Waals surface area contributed by atoms with Crippen molar-refractivity contribution >= 4 is 11.4 Å². The van der Waals surface area contributed by atoms with E-state index in [0.717, 1.165) is 41.2 Å². The summed E-state index contributed by atoms with van der Waals surface area (Å²) in [5, 5.41) is 13.2. The number of benzene rings is 2. The van der Waals surface area contributed by atoms with Crippen molar-refractivity contribution in [2.45, 2.75) is 32.0 Å². The third kappa shape index (κ3) is 4.07. The van der Waals surface area contributed by atoms with E-state index in [1.54, 1.807) is 13.8 Å². The van der Waals surface area contributed by atoms with E-state index in [9.17, 15) is 18.3 Å². The van der Waals surface area contributed by atoms with Gasteiger partial charge in [0.15, 0.2) is 0 Å². The molecule has 0 aliphatic carbocycles. The number of halogens is 3. The summed E-state index contributed by atoms with van der Waals surface area (Å²) in [6.45, 7) is 4.95. The minimum Gasteiger partial charge on any atom is -0.390 e. The molecule has 0 radical (unpaired) electrons. The first-order valence-electron chi connectivity index (χ1n) is 8.16. The zero-order chi connectivity index (χ0) is 18.2. The molecule has 0 aromatic heterocycles. The average molecular weight is 350 g/mol. The zero-order valence-corrected chi connectivity index (χ0v) is 14.2. The Kier molecular flexibility index (Phi) is 4.41. The first-order chi connectivity index (χ1) is 11.6. The molecule has 3 nitrogen and oxygen atoms in total. The molecule has 1 aliphatic heterocycles. The van der Waals surface area contributed by atoms with Crippen LogP contribution in [0, 0.1) is 0 Å². The molecule has 2 N–H and O–H groups in total. The molecule has 0 amide bonds. The van der Waals surface area contributed by atoms with E-state index in [1.165, 1.54) is 12.1 Å². The summed E-state index contributed by atoms with van der Waals surface area (Å²) in [4.78, 5) is 2.14. The van der Waals surface area contributed by atoms with Crippen molar-refractivity contribution in [3.8, 4) is 11.1 Å². The first-order valence-corrected chi connectivity index (χ1v) is 8.16. The second kappa shape index (κ2) is 6.26. The molecule has 2 aromatic carbocycles. The van der Waals surface area contributed by atoms with Crippen LogP contribution in [0.1, 0.15) is 25.8 Å². The van der Waals surface area contributed by atoms with Gasteiger partial charge in [0.2, 0.25) is 0 Å². The Morgan fingerprint density at radius 3 is 2.28 bits per heavy atom. The lowest BCUT2D eigenvalue weighted by atomic mass is 10.0. The second-order valence-corrected chi connectivity index (χ2v) is 6.97. The topological polar surface area (TPSA) is 35.5 Å². The third-order valence-corrected chi connectivity index (χ3v) is 4.34. The van der Waals surface area contributed by atoms with Crippen molar-refractivity contribution in [2.24, 2.45) is 0 Å². The van der Waals surface area contributed by atoms with Crippen LogP contribution in [0.3, 0.4) is 0 Å². The molecule has 0 spiro atoms. The molecular weight excluding hydrogens is 329 g/mol. The minimum absolute atomic E-state index is 0.645. The van der Waals surface area contributed by atoms with Crippen molar-refractivity contribution in [3.05, 3.63) is 48.0 Å². The van der Waals surface area contributed by atoms with Crippen LogP contribution in [-0.4, -0.2) is 23.9 Å². The molecule has 2 aromatic rings. The maximum Gasteiger partial charge on any atom is 0.416 e. The van der Waals surface area contributed by atoms with Gasteiger partial charge in [0.1, 0.15) is 0 Å². The lowest BCUT2D eigenvalue weighted by Crippen LogP contribution is -2.30. The summed E-state index contributed by atoms with van der Waals surface area (Å²) in [5.41, 5.74) is 2.24. The van der Waals surface area contributed by atoms with E-state index in [1.807, 2.05) is 18.2 Å². The average Bonchev–Trinajstić information content (AvgIpc) is 2.94. The highest BCUT2D eigenvalue weighted by atomic mass is 19.4. The molecule has 0 bridgehead atoms. The minimum atomic E-state index is -4.32. The van der Waals surface area contributed by atoms with Gasteiger partial charge in [-0.3, -0.25) is 0 Å². The van der Waals surface area contributed by atoms with Gasteiger partial charge in [0.05, 0.1) is 29.2 Å². The standard InChI is InChI=1S/C19H21F3N2O/c1-18(2,25)9-10-24-12-23-16-11-14(5-8-17(16)24)13-3-6-15(7-4-13)19(20,21)22/h3-8,11,23,25H,9-10,12H2,1-2H3. The molecule has 0 fully saturated rings. The summed E-state index contributed by atoms with van der Waals surface area (Å²) in [7, 11) is 0. The molecule has 3 rings (SSSR count). The molecule has 0 saturated heterocycles. The molecule has 6 heteroatoms. The summed E-state index contributed by atoms with van der Waals surface area (Å²) in [5.74, 6) is 0. The number of nitrogens with zero attached hydrogens (tertiary/aromatic N) is 1. The van der Waals surface area contributed by atoms with Gasteiger partial charge in [-0.1, -0.05) is 18.2 Å². The lowest BCUT2D eigenvalue weighted by molar-refractivity contribution is -0.137. The predicted octanol–water partition coefficient (Wildman–Crippen LogP) is 4.72. The number of hydrogen-bond donors (Lipinski definition) is 2. The monoisotopic (exact) mass is 350 g/mol. The van der Waals surface area contributed by atoms with Crippen LogP contribution in [0.25, 0.3) is 11.1 Å². The molecular formula is C19H21F3N2O. The van der Waals surface area contributed by atoms with Gasteiger partial charge in [-0.25, -0.2) is 0 Å². The van der Waals surface area contributed by atoms with Crippen LogP contribution < -0.4 is 10.2 Å². The highest BCUT2D eigenvalue weighted by Crippen LogP contribution is 2.36. The van der Waals surface area contributed by atoms with Crippen molar-refractivity contribution in [2.75, 3.05) is 23.4 Å². The van der Waals surface area contributed by atoms with E-state index in [-0.39, 0.29) is 0 Å². The maximum atomic E-state index is 12.7. The second-order valence-electron chi connectivity index (χ2n) is 6.97. The fourth-order valence-corrected chi connectivity index (χ4v) is 2.86. The van der Waals surface area contributed by atoms with E-state index in [0.29, 0.717) is 13.1 Å². The number of rotatable bonds is 4. The van der Waals surface area contributed by atoms with E-state index >= 15 is 0 Å². The fraction of sp³-hybridized carbons (Fsp3) is 0.368. The van der Waals surface area contributed by atoms with Gasteiger partial charge in [0, 0.05) is 6.54 Å². The smallest absolute Gasteiger partial charge is 0.390 e. The first kappa shape index (κ1) is 17.6. The SMILES string of the molecule is CC(C)(O)CCN1CNc2cc(-c3ccc(C(F)(F)F)cc3)ccc21. The Hall–Kier alpha value is -2.21. The number of fused-ring (bicyclic) bond motifs is 1. The predicted molar refractivity (Wildman–Crippen MR) is 93.6 cm³/mol. The van der Waals surface area contributed by atoms with Gasteiger partial charge >= 0.3 is 6.18 Å². The lowest BCUT2D eigenvalue weighted by Gasteiger charge is -2.23. The molecule has 1 aliphatic rings. The van der Waals surface area contributed by atoms with Gasteiger partial charge in [-0.15, -0.1) is 0 Å². The Morgan fingerprint density at radius 1 is 1.04 bits per heavy atom. The number of anilines is 2. The van der Waals surface area contributed by atoms with Gasteiger partial charge < -0.3 is 15.3 Å². The quantitative estimate of drug-likeness (QED) is 0.837. The van der Waals surface area contributed by atoms with Crippen LogP contribution in [0.15, 0.2) is 42.5 Å². The van der Waals surface area contributed by atoms with Crippen LogP contribution >= 0.6 is 0 Å². The van der Waals surface area contributed by atoms with Crippen LogP contribution in [-0.2, 0) is 6.18 Å². The summed E-state index contributed by atoms with van der Waals surface area (Å²) in [6.07, 6.45) is -3.67. The molecule has 25 heavy (non-hydrogen) atoms. The van der Waals surface area contributed by atoms with E-state index < -0.39 is 17.3 Å². The normalized spacial score (nSPS) is 14.4. The largest absolute Gasteiger partial charge is 0.416 e. The Balaban J connectivity index is 1.78. The number of nitrogens with one attached hydrogen (secondary N) is 1. The van der Waals surface area contributed by atoms with Gasteiger partial charge in [-0.2, -0.15) is 13.2 Å². The van der Waals surface area contributed by atoms with E-state index in [2.05, 4.69) is 10.2 Å². The highest BCUT2D eigenvalue weighted by molar-refractivity contribution is 5.81. The maximum absolute atomic E-state index is 12.7. The Bertz CT molecular complexity index is 749. The van der Waals surface area contributed by atoms with Crippen molar-refractivity contribution < 1.29 is 18.3 Å². The fourth-order valence-electron chi connectivity index (χ4n) is 2.86. The number of aliphatic hydroxyl groups is 1. The van der Waals surface area contributed by atoms with Crippen molar-refractivity contribution in [1.29, 1.82) is 0 Å². The Labute approximate surface area is 145 Å². The van der Waals surface area contributed by atoms with Crippen LogP contribution in [0.5, 0.6) is 0 Å². The molecule has 1 heterocycles. The van der Waals surface area contributed by atoms with Crippen molar-refractivity contribution in [3.63, 3.8) is 0 Å². The van der Waals surface area contributed by atoms with Crippen LogP contribution in [0.2, 0.25) is 0 Å². The Morgan fingerprint density at radius 2 is 1.68 bits per heavy atom. The van der Waals surface area contributed by atoms with E-state index in [4.69, 9.17) is 0 Å². The highest BCUT2D eigenvalue weighted by Gasteiger charge is 2.30. The summed E-state index contributed by atoms with van der Waals surface area (Å²) < 4.78 is 38.0.